The van der Waals surface area contributed by atoms with E-state index in [0.717, 1.165) is 11.3 Å². The Morgan fingerprint density at radius 2 is 1.90 bits per heavy atom. The maximum absolute atomic E-state index is 6.44. The van der Waals surface area contributed by atoms with Gasteiger partial charge in [-0.3, -0.25) is 0 Å². The molecular weight excluding hydrogens is 282 g/mol. The molecule has 1 fully saturated rings. The number of alkyl halides is 1. The van der Waals surface area contributed by atoms with Gasteiger partial charge in [-0.15, -0.1) is 11.6 Å². The molecule has 3 unspecified atom stereocenters. The zero-order valence-corrected chi connectivity index (χ0v) is 14.1. The lowest BCUT2D eigenvalue weighted by molar-refractivity contribution is 0.335. The van der Waals surface area contributed by atoms with Crippen LogP contribution < -0.4 is 5.01 Å². The van der Waals surface area contributed by atoms with Gasteiger partial charge in [0.05, 0.1) is 16.4 Å². The van der Waals surface area contributed by atoms with Gasteiger partial charge in [-0.25, -0.2) is 9.66 Å². The number of para-hydroxylation sites is 1. The number of imidazole rings is 1. The lowest BCUT2D eigenvalue weighted by Gasteiger charge is -2.42. The van der Waals surface area contributed by atoms with E-state index >= 15 is 0 Å². The lowest BCUT2D eigenvalue weighted by atomic mass is 10.00. The molecule has 0 bridgehead atoms. The maximum Gasteiger partial charge on any atom is 0.146 e. The molecular formula is C17H24ClN3. The van der Waals surface area contributed by atoms with Gasteiger partial charge in [0.1, 0.15) is 5.82 Å². The second-order valence-corrected chi connectivity index (χ2v) is 7.00. The third kappa shape index (κ3) is 2.42. The fourth-order valence-corrected chi connectivity index (χ4v) is 3.69. The minimum Gasteiger partial charge on any atom is -0.305 e. The lowest BCUT2D eigenvalue weighted by Crippen LogP contribution is -2.51. The maximum atomic E-state index is 6.44. The predicted octanol–water partition coefficient (Wildman–Crippen LogP) is 4.54. The first kappa shape index (κ1) is 14.7. The third-order valence-corrected chi connectivity index (χ3v) is 4.82. The number of fused-ring (bicyclic) bond motifs is 1. The topological polar surface area (TPSA) is 21.1 Å². The van der Waals surface area contributed by atoms with Crippen molar-refractivity contribution >= 4 is 22.6 Å². The van der Waals surface area contributed by atoms with Crippen LogP contribution >= 0.6 is 11.6 Å². The first-order valence-corrected chi connectivity index (χ1v) is 8.35. The van der Waals surface area contributed by atoms with E-state index < -0.39 is 0 Å². The third-order valence-electron chi connectivity index (χ3n) is 4.62. The Labute approximate surface area is 131 Å². The minimum atomic E-state index is -0.0990. The van der Waals surface area contributed by atoms with Crippen molar-refractivity contribution in [2.45, 2.75) is 64.4 Å². The highest BCUT2D eigenvalue weighted by molar-refractivity contribution is 6.20. The van der Waals surface area contributed by atoms with Crippen LogP contribution in [0.3, 0.4) is 0 Å². The van der Waals surface area contributed by atoms with Gasteiger partial charge in [0, 0.05) is 12.1 Å². The molecule has 3 rings (SSSR count). The summed E-state index contributed by atoms with van der Waals surface area (Å²) in [6, 6.07) is 7.41. The van der Waals surface area contributed by atoms with E-state index in [9.17, 15) is 0 Å². The second kappa shape index (κ2) is 5.53. The van der Waals surface area contributed by atoms with Gasteiger partial charge < -0.3 is 5.01 Å². The molecule has 114 valence electrons. The summed E-state index contributed by atoms with van der Waals surface area (Å²) in [5, 5.41) is 2.38. The summed E-state index contributed by atoms with van der Waals surface area (Å²) in [5.74, 6) is 0.960. The van der Waals surface area contributed by atoms with Gasteiger partial charge in [-0.05, 0) is 58.6 Å². The highest BCUT2D eigenvalue weighted by atomic mass is 35.5. The van der Waals surface area contributed by atoms with Crippen molar-refractivity contribution in [3.63, 3.8) is 0 Å². The summed E-state index contributed by atoms with van der Waals surface area (Å²) in [7, 11) is 0. The first-order chi connectivity index (χ1) is 10.0. The van der Waals surface area contributed by atoms with Gasteiger partial charge in [0.25, 0.3) is 0 Å². The summed E-state index contributed by atoms with van der Waals surface area (Å²) >= 11 is 6.44. The van der Waals surface area contributed by atoms with E-state index in [1.54, 1.807) is 0 Å². The Morgan fingerprint density at radius 3 is 2.52 bits per heavy atom. The average molecular weight is 306 g/mol. The molecule has 1 aromatic carbocycles. The Bertz CT molecular complexity index is 637. The molecule has 1 aromatic heterocycles. The number of aromatic nitrogens is 2. The van der Waals surface area contributed by atoms with Crippen LogP contribution in [0.4, 0.5) is 0 Å². The molecule has 4 heteroatoms. The Morgan fingerprint density at radius 1 is 1.24 bits per heavy atom. The molecule has 3 atom stereocenters. The van der Waals surface area contributed by atoms with Crippen molar-refractivity contribution in [3.05, 3.63) is 29.6 Å². The summed E-state index contributed by atoms with van der Waals surface area (Å²) in [4.78, 5) is 4.85. The fraction of sp³-hybridized carbons (Fsp3) is 0.588. The quantitative estimate of drug-likeness (QED) is 0.759. The van der Waals surface area contributed by atoms with Crippen molar-refractivity contribution < 1.29 is 0 Å². The van der Waals surface area contributed by atoms with Crippen molar-refractivity contribution in [2.24, 2.45) is 0 Å². The van der Waals surface area contributed by atoms with Crippen LogP contribution in [0.25, 0.3) is 11.0 Å². The molecule has 21 heavy (non-hydrogen) atoms. The molecule has 0 spiro atoms. The Kier molecular flexibility index (Phi) is 3.87. The molecule has 1 aliphatic heterocycles. The normalized spacial score (nSPS) is 24.5. The standard InChI is InChI=1S/C17H24ClN3/c1-11-7-5-10-15-16(11)19-17(14(4)18)21(15)20-12(2)8-6-9-13(20)3/h5,7,10,12-14H,6,8-9H2,1-4H3. The zero-order valence-electron chi connectivity index (χ0n) is 13.3. The van der Waals surface area contributed by atoms with Gasteiger partial charge >= 0.3 is 0 Å². The zero-order chi connectivity index (χ0) is 15.1. The number of nitrogens with zero attached hydrogens (tertiary/aromatic N) is 3. The molecule has 1 aliphatic rings. The molecule has 0 amide bonds. The summed E-state index contributed by atoms with van der Waals surface area (Å²) in [5.41, 5.74) is 3.46. The average Bonchev–Trinajstić information content (AvgIpc) is 2.80. The van der Waals surface area contributed by atoms with Crippen LogP contribution in [-0.4, -0.2) is 21.7 Å². The van der Waals surface area contributed by atoms with E-state index in [4.69, 9.17) is 16.6 Å². The number of piperidine rings is 1. The molecule has 2 heterocycles. The minimum absolute atomic E-state index is 0.0990. The smallest absolute Gasteiger partial charge is 0.146 e. The van der Waals surface area contributed by atoms with Crippen LogP contribution in [0.2, 0.25) is 0 Å². The highest BCUT2D eigenvalue weighted by Gasteiger charge is 2.29. The van der Waals surface area contributed by atoms with Crippen molar-refractivity contribution in [1.29, 1.82) is 0 Å². The van der Waals surface area contributed by atoms with Crippen LogP contribution in [0.15, 0.2) is 18.2 Å². The van der Waals surface area contributed by atoms with Crippen LogP contribution in [0, 0.1) is 6.92 Å². The number of aryl methyl sites for hydroxylation is 1. The SMILES string of the molecule is Cc1cccc2c1nc(C(C)Cl)n2N1C(C)CCCC1C. The van der Waals surface area contributed by atoms with Gasteiger partial charge in [-0.2, -0.15) is 0 Å². The Hall–Kier alpha value is -1.22. The largest absolute Gasteiger partial charge is 0.305 e. The summed E-state index contributed by atoms with van der Waals surface area (Å²) < 4.78 is 2.29. The Balaban J connectivity index is 2.24. The van der Waals surface area contributed by atoms with E-state index in [1.807, 2.05) is 6.92 Å². The molecule has 2 aromatic rings. The second-order valence-electron chi connectivity index (χ2n) is 6.35. The fourth-order valence-electron chi connectivity index (χ4n) is 3.55. The van der Waals surface area contributed by atoms with E-state index in [0.29, 0.717) is 12.1 Å². The van der Waals surface area contributed by atoms with Gasteiger partial charge in [0.15, 0.2) is 0 Å². The van der Waals surface area contributed by atoms with E-state index in [-0.39, 0.29) is 5.38 Å². The number of benzene rings is 1. The predicted molar refractivity (Wildman–Crippen MR) is 89.7 cm³/mol. The van der Waals surface area contributed by atoms with Crippen LogP contribution in [-0.2, 0) is 0 Å². The molecule has 0 N–H and O–H groups in total. The molecule has 3 nitrogen and oxygen atoms in total. The molecule has 0 saturated carbocycles. The number of hydrogen-bond acceptors (Lipinski definition) is 2. The number of rotatable bonds is 2. The molecule has 1 saturated heterocycles. The van der Waals surface area contributed by atoms with Crippen molar-refractivity contribution in [2.75, 3.05) is 5.01 Å². The summed E-state index contributed by atoms with van der Waals surface area (Å²) in [6.07, 6.45) is 3.76. The van der Waals surface area contributed by atoms with E-state index in [1.165, 1.54) is 30.3 Å². The van der Waals surface area contributed by atoms with E-state index in [2.05, 4.69) is 48.7 Å². The van der Waals surface area contributed by atoms with Crippen LogP contribution in [0.1, 0.15) is 56.8 Å². The monoisotopic (exact) mass is 305 g/mol. The summed E-state index contributed by atoms with van der Waals surface area (Å²) in [6.45, 7) is 8.74. The number of halogens is 1. The highest BCUT2D eigenvalue weighted by Crippen LogP contribution is 2.31. The number of hydrogen-bond donors (Lipinski definition) is 0. The van der Waals surface area contributed by atoms with Crippen molar-refractivity contribution in [1.82, 2.24) is 9.66 Å². The van der Waals surface area contributed by atoms with Crippen molar-refractivity contribution in [3.8, 4) is 0 Å². The van der Waals surface area contributed by atoms with Crippen LogP contribution in [0.5, 0.6) is 0 Å². The van der Waals surface area contributed by atoms with Gasteiger partial charge in [0.2, 0.25) is 0 Å². The first-order valence-electron chi connectivity index (χ1n) is 7.91. The van der Waals surface area contributed by atoms with Gasteiger partial charge in [-0.1, -0.05) is 12.1 Å². The molecule has 0 radical (unpaired) electrons. The molecule has 0 aliphatic carbocycles.